The Morgan fingerprint density at radius 2 is 2.28 bits per heavy atom. The number of benzene rings is 1. The van der Waals surface area contributed by atoms with Gasteiger partial charge in [-0.15, -0.1) is 0 Å². The summed E-state index contributed by atoms with van der Waals surface area (Å²) in [5.41, 5.74) is 2.02. The van der Waals surface area contributed by atoms with Crippen molar-refractivity contribution in [3.8, 4) is 5.75 Å². The largest absolute Gasteiger partial charge is 0.491 e. The number of fused-ring (bicyclic) bond motifs is 1. The third kappa shape index (κ3) is 3.14. The lowest BCUT2D eigenvalue weighted by Crippen LogP contribution is -2.39. The van der Waals surface area contributed by atoms with Crippen molar-refractivity contribution < 1.29 is 14.3 Å². The van der Waals surface area contributed by atoms with E-state index < -0.39 is 0 Å². The quantitative estimate of drug-likeness (QED) is 0.928. The second-order valence-electron chi connectivity index (χ2n) is 6.58. The molecule has 1 saturated heterocycles. The third-order valence-electron chi connectivity index (χ3n) is 4.98. The van der Waals surface area contributed by atoms with Gasteiger partial charge in [0.1, 0.15) is 12.4 Å². The van der Waals surface area contributed by atoms with Gasteiger partial charge >= 0.3 is 0 Å². The van der Waals surface area contributed by atoms with Crippen LogP contribution in [0, 0.1) is 5.92 Å². The van der Waals surface area contributed by atoms with Gasteiger partial charge in [-0.2, -0.15) is 5.10 Å². The maximum atomic E-state index is 13.0. The summed E-state index contributed by atoms with van der Waals surface area (Å²) in [6.07, 6.45) is 5.28. The monoisotopic (exact) mass is 341 g/mol. The van der Waals surface area contributed by atoms with Crippen molar-refractivity contribution in [2.24, 2.45) is 5.92 Å². The van der Waals surface area contributed by atoms with E-state index in [1.807, 2.05) is 48.3 Å². The summed E-state index contributed by atoms with van der Waals surface area (Å²) in [5, 5.41) is 7.48. The van der Waals surface area contributed by atoms with E-state index in [4.69, 9.17) is 9.47 Å². The first-order chi connectivity index (χ1) is 12.3. The standard InChI is InChI=1S/C19H23N3O3/c1-2-22-11-13(10-20-22)18-15(7-5-9-24-18)19(23)21-16-12-25-17-8-4-3-6-14(16)17/h3-4,6,8,10-11,15-16,18H,2,5,7,9,12H2,1H3,(H,21,23)/t15-,16+,18+/m1/s1. The summed E-state index contributed by atoms with van der Waals surface area (Å²) in [5.74, 6) is 0.684. The lowest BCUT2D eigenvalue weighted by Gasteiger charge is -2.31. The highest BCUT2D eigenvalue weighted by Gasteiger charge is 2.36. The smallest absolute Gasteiger partial charge is 0.226 e. The minimum absolute atomic E-state index is 0.0271. The molecule has 0 bridgehead atoms. The van der Waals surface area contributed by atoms with Gasteiger partial charge in [-0.25, -0.2) is 0 Å². The fourth-order valence-corrected chi connectivity index (χ4v) is 3.64. The molecule has 1 fully saturated rings. The number of nitrogens with one attached hydrogen (secondary N) is 1. The van der Waals surface area contributed by atoms with Gasteiger partial charge in [0.15, 0.2) is 0 Å². The first-order valence-corrected chi connectivity index (χ1v) is 8.92. The van der Waals surface area contributed by atoms with Crippen LogP contribution in [0.4, 0.5) is 0 Å². The number of rotatable bonds is 4. The summed E-state index contributed by atoms with van der Waals surface area (Å²) >= 11 is 0. The lowest BCUT2D eigenvalue weighted by molar-refractivity contribution is -0.135. The van der Waals surface area contributed by atoms with Crippen LogP contribution in [-0.2, 0) is 16.1 Å². The average molecular weight is 341 g/mol. The number of aromatic nitrogens is 2. The molecule has 1 aromatic heterocycles. The number of para-hydroxylation sites is 1. The van der Waals surface area contributed by atoms with E-state index in [9.17, 15) is 4.79 Å². The highest BCUT2D eigenvalue weighted by molar-refractivity contribution is 5.80. The zero-order valence-corrected chi connectivity index (χ0v) is 14.4. The summed E-state index contributed by atoms with van der Waals surface area (Å²) in [6.45, 7) is 4.01. The normalized spacial score (nSPS) is 25.2. The van der Waals surface area contributed by atoms with Crippen LogP contribution in [0.25, 0.3) is 0 Å². The molecule has 0 spiro atoms. The molecule has 4 rings (SSSR count). The second-order valence-corrected chi connectivity index (χ2v) is 6.58. The fraction of sp³-hybridized carbons (Fsp3) is 0.474. The number of aryl methyl sites for hydroxylation is 1. The van der Waals surface area contributed by atoms with Crippen molar-refractivity contribution in [3.63, 3.8) is 0 Å². The molecule has 132 valence electrons. The predicted molar refractivity (Wildman–Crippen MR) is 92.1 cm³/mol. The van der Waals surface area contributed by atoms with Crippen molar-refractivity contribution in [2.75, 3.05) is 13.2 Å². The van der Waals surface area contributed by atoms with E-state index in [0.29, 0.717) is 13.2 Å². The molecule has 25 heavy (non-hydrogen) atoms. The first kappa shape index (κ1) is 16.1. The molecule has 2 aliphatic heterocycles. The fourth-order valence-electron chi connectivity index (χ4n) is 3.64. The topological polar surface area (TPSA) is 65.4 Å². The molecule has 1 amide bonds. The Kier molecular flexibility index (Phi) is 4.44. The van der Waals surface area contributed by atoms with Crippen LogP contribution in [-0.4, -0.2) is 28.9 Å². The highest BCUT2D eigenvalue weighted by Crippen LogP contribution is 2.36. The maximum Gasteiger partial charge on any atom is 0.226 e. The van der Waals surface area contributed by atoms with E-state index >= 15 is 0 Å². The van der Waals surface area contributed by atoms with Crippen LogP contribution >= 0.6 is 0 Å². The minimum Gasteiger partial charge on any atom is -0.491 e. The lowest BCUT2D eigenvalue weighted by atomic mass is 9.89. The molecule has 0 radical (unpaired) electrons. The van der Waals surface area contributed by atoms with Crippen LogP contribution in [0.2, 0.25) is 0 Å². The number of hydrogen-bond acceptors (Lipinski definition) is 4. The van der Waals surface area contributed by atoms with Gasteiger partial charge in [0, 0.05) is 30.5 Å². The molecule has 1 N–H and O–H groups in total. The Bertz CT molecular complexity index is 758. The van der Waals surface area contributed by atoms with Crippen LogP contribution in [0.3, 0.4) is 0 Å². The molecule has 6 heteroatoms. The van der Waals surface area contributed by atoms with E-state index in [1.165, 1.54) is 0 Å². The van der Waals surface area contributed by atoms with Gasteiger partial charge in [-0.1, -0.05) is 18.2 Å². The molecular weight excluding hydrogens is 318 g/mol. The van der Waals surface area contributed by atoms with Crippen molar-refractivity contribution >= 4 is 5.91 Å². The minimum atomic E-state index is -0.230. The Hall–Kier alpha value is -2.34. The maximum absolute atomic E-state index is 13.0. The Morgan fingerprint density at radius 1 is 1.40 bits per heavy atom. The highest BCUT2D eigenvalue weighted by atomic mass is 16.5. The summed E-state index contributed by atoms with van der Waals surface area (Å²) in [7, 11) is 0. The van der Waals surface area contributed by atoms with E-state index in [2.05, 4.69) is 10.4 Å². The number of amides is 1. The van der Waals surface area contributed by atoms with Crippen molar-refractivity contribution in [1.29, 1.82) is 0 Å². The number of carbonyl (C=O) groups excluding carboxylic acids is 1. The van der Waals surface area contributed by atoms with Crippen molar-refractivity contribution in [2.45, 2.75) is 38.5 Å². The van der Waals surface area contributed by atoms with E-state index in [1.54, 1.807) is 0 Å². The molecule has 2 aromatic rings. The molecule has 2 aliphatic rings. The number of ether oxygens (including phenoxy) is 2. The van der Waals surface area contributed by atoms with Crippen LogP contribution < -0.4 is 10.1 Å². The Labute approximate surface area is 147 Å². The van der Waals surface area contributed by atoms with Crippen molar-refractivity contribution in [1.82, 2.24) is 15.1 Å². The average Bonchev–Trinajstić information content (AvgIpc) is 3.29. The van der Waals surface area contributed by atoms with Gasteiger partial charge < -0.3 is 14.8 Å². The predicted octanol–water partition coefficient (Wildman–Crippen LogP) is 2.62. The number of nitrogens with zero attached hydrogens (tertiary/aromatic N) is 2. The Balaban J connectivity index is 1.50. The molecule has 3 atom stereocenters. The number of hydrogen-bond donors (Lipinski definition) is 1. The summed E-state index contributed by atoms with van der Waals surface area (Å²) in [6, 6.07) is 7.77. The SMILES string of the molecule is CCn1cc([C@@H]2OCCC[C@H]2C(=O)N[C@H]2COc3ccccc32)cn1. The first-order valence-electron chi connectivity index (χ1n) is 8.92. The molecule has 3 heterocycles. The third-order valence-corrected chi connectivity index (χ3v) is 4.98. The van der Waals surface area contributed by atoms with Crippen molar-refractivity contribution in [3.05, 3.63) is 47.8 Å². The van der Waals surface area contributed by atoms with Crippen LogP contribution in [0.1, 0.15) is 43.0 Å². The zero-order chi connectivity index (χ0) is 17.2. The van der Waals surface area contributed by atoms with Gasteiger partial charge in [-0.05, 0) is 25.8 Å². The van der Waals surface area contributed by atoms with Gasteiger partial charge in [-0.3, -0.25) is 9.48 Å². The van der Waals surface area contributed by atoms with Crippen LogP contribution in [0.5, 0.6) is 5.75 Å². The van der Waals surface area contributed by atoms with E-state index in [0.717, 1.165) is 36.3 Å². The summed E-state index contributed by atoms with van der Waals surface area (Å²) in [4.78, 5) is 13.0. The summed E-state index contributed by atoms with van der Waals surface area (Å²) < 4.78 is 13.5. The molecule has 0 saturated carbocycles. The zero-order valence-electron chi connectivity index (χ0n) is 14.4. The van der Waals surface area contributed by atoms with Crippen LogP contribution in [0.15, 0.2) is 36.7 Å². The Morgan fingerprint density at radius 3 is 3.12 bits per heavy atom. The van der Waals surface area contributed by atoms with Gasteiger partial charge in [0.25, 0.3) is 0 Å². The molecule has 1 aromatic carbocycles. The molecule has 0 unspecified atom stereocenters. The number of carbonyl (C=O) groups is 1. The van der Waals surface area contributed by atoms with E-state index in [-0.39, 0.29) is 24.0 Å². The molecule has 0 aliphatic carbocycles. The van der Waals surface area contributed by atoms with Gasteiger partial charge in [0.05, 0.1) is 24.3 Å². The van der Waals surface area contributed by atoms with Gasteiger partial charge in [0.2, 0.25) is 5.91 Å². The molecular formula is C19H23N3O3. The second kappa shape index (κ2) is 6.88. The molecule has 6 nitrogen and oxygen atoms in total.